The number of nitrogens with one attached hydrogen (secondary N) is 2. The van der Waals surface area contributed by atoms with Gasteiger partial charge >= 0.3 is 68.9 Å². The Balaban J connectivity index is 0.000000433. The minimum Gasteiger partial charge on any atom is 2.00 e. The van der Waals surface area contributed by atoms with Crippen LogP contribution in [0.5, 0.6) is 11.5 Å². The topological polar surface area (TPSA) is 122 Å². The minimum atomic E-state index is -4.77. The number of benzene rings is 4. The minimum absolute atomic E-state index is 0. The van der Waals surface area contributed by atoms with E-state index >= 15 is 0 Å². The van der Waals surface area contributed by atoms with Crippen molar-refractivity contribution in [1.29, 1.82) is 0 Å². The van der Waals surface area contributed by atoms with Crippen LogP contribution in [0.15, 0.2) is 131 Å². The molecular formula is C38H31Br3CuF6IMgN4O5. The van der Waals surface area contributed by atoms with E-state index in [-0.39, 0.29) is 63.1 Å². The van der Waals surface area contributed by atoms with E-state index in [4.69, 9.17) is 4.74 Å². The summed E-state index contributed by atoms with van der Waals surface area (Å²) in [7, 11) is 0. The first-order chi connectivity index (χ1) is 27.1. The fourth-order valence-electron chi connectivity index (χ4n) is 4.75. The number of aromatic amines is 2. The molecule has 0 amide bonds. The smallest absolute Gasteiger partial charge is 2.00 e. The summed E-state index contributed by atoms with van der Waals surface area (Å²) >= 11 is 12.5. The van der Waals surface area contributed by atoms with Crippen molar-refractivity contribution in [2.45, 2.75) is 31.2 Å². The third-order valence-corrected chi connectivity index (χ3v) is 8.12. The molecule has 9 nitrogen and oxygen atoms in total. The molecule has 7 rings (SSSR count). The van der Waals surface area contributed by atoms with Crippen molar-refractivity contribution in [1.82, 2.24) is 19.9 Å². The molecule has 316 valence electrons. The van der Waals surface area contributed by atoms with Crippen LogP contribution in [-0.2, 0) is 23.1 Å². The maximum absolute atomic E-state index is 12.3. The number of halogens is 10. The summed E-state index contributed by atoms with van der Waals surface area (Å²) in [6, 6.07) is 26.8. The summed E-state index contributed by atoms with van der Waals surface area (Å²) in [5.74, 6) is -0.0852. The second-order valence-electron chi connectivity index (χ2n) is 11.1. The summed E-state index contributed by atoms with van der Waals surface area (Å²) < 4.78 is 85.5. The van der Waals surface area contributed by atoms with Gasteiger partial charge in [0, 0.05) is 58.3 Å². The Hall–Kier alpha value is -2.47. The average molecular weight is 1190 g/mol. The second-order valence-corrected chi connectivity index (χ2v) is 12.9. The quantitative estimate of drug-likeness (QED) is 0.0500. The molecule has 1 saturated heterocycles. The Morgan fingerprint density at radius 1 is 0.763 bits per heavy atom. The molecule has 59 heavy (non-hydrogen) atoms. The normalized spacial score (nSPS) is 12.6. The fraction of sp³-hybridized carbons (Fsp3) is 0.184. The molecule has 3 N–H and O–H groups in total. The average Bonchev–Trinajstić information content (AvgIpc) is 4.02. The van der Waals surface area contributed by atoms with E-state index in [0.29, 0.717) is 22.5 Å². The molecule has 4 aromatic carbocycles. The summed E-state index contributed by atoms with van der Waals surface area (Å²) in [5.41, 5.74) is -0.199. The predicted octanol–water partition coefficient (Wildman–Crippen LogP) is 7.45. The summed E-state index contributed by atoms with van der Waals surface area (Å²) in [5, 5.41) is 11.4. The van der Waals surface area contributed by atoms with Gasteiger partial charge in [-0.3, -0.25) is 4.79 Å². The van der Waals surface area contributed by atoms with Gasteiger partial charge in [-0.15, -0.1) is 38.5 Å². The van der Waals surface area contributed by atoms with Gasteiger partial charge in [0.2, 0.25) is 5.78 Å². The number of ketones is 1. The van der Waals surface area contributed by atoms with E-state index < -0.39 is 18.3 Å². The Bertz CT molecular complexity index is 2050. The van der Waals surface area contributed by atoms with Crippen LogP contribution >= 0.6 is 52.2 Å². The molecule has 0 radical (unpaired) electrons. The number of H-pyrrole nitrogens is 2. The molecule has 0 aliphatic carbocycles. The first-order valence-electron chi connectivity index (χ1n) is 16.2. The number of carbonyl (C=O) groups is 1. The monoisotopic (exact) mass is 1190 g/mol. The van der Waals surface area contributed by atoms with Gasteiger partial charge in [-0.25, -0.2) is 9.97 Å². The SMILES string of the molecule is C1CCOC1.FC(F)(F)Oc1cc[c-]cc1.O=C(c1cccc(Br)c1)c1ncc[nH]1.OC(c1ccc(OC(F)(F)F)cc1)(c1cccc(Br)c1)c1ncc[nH]1.[Br-].[Cu][I].[Mg+2]. The van der Waals surface area contributed by atoms with Gasteiger partial charge in [-0.05, 0) is 60.4 Å². The first kappa shape index (κ1) is 54.5. The van der Waals surface area contributed by atoms with Gasteiger partial charge < -0.3 is 46.3 Å². The number of nitrogens with zero attached hydrogens (tertiary/aromatic N) is 2. The largest absolute Gasteiger partial charge is 2.00 e. The van der Waals surface area contributed by atoms with Crippen LogP contribution in [0.4, 0.5) is 26.3 Å². The van der Waals surface area contributed by atoms with Gasteiger partial charge in [0.1, 0.15) is 11.6 Å². The van der Waals surface area contributed by atoms with E-state index in [2.05, 4.69) is 80.1 Å². The molecule has 21 heteroatoms. The van der Waals surface area contributed by atoms with Crippen molar-refractivity contribution in [3.8, 4) is 11.5 Å². The van der Waals surface area contributed by atoms with Crippen molar-refractivity contribution in [2.75, 3.05) is 13.2 Å². The molecule has 1 atom stereocenters. The van der Waals surface area contributed by atoms with Crippen molar-refractivity contribution < 1.29 is 80.2 Å². The van der Waals surface area contributed by atoms with Crippen LogP contribution in [0.25, 0.3) is 0 Å². The van der Waals surface area contributed by atoms with Crippen molar-refractivity contribution in [3.63, 3.8) is 0 Å². The maximum atomic E-state index is 12.3. The zero-order chi connectivity index (χ0) is 41.9. The van der Waals surface area contributed by atoms with Crippen molar-refractivity contribution in [2.24, 2.45) is 0 Å². The van der Waals surface area contributed by atoms with Crippen LogP contribution in [0.3, 0.4) is 0 Å². The zero-order valence-corrected chi connectivity index (χ0v) is 39.4. The van der Waals surface area contributed by atoms with Crippen LogP contribution in [0.2, 0.25) is 0 Å². The van der Waals surface area contributed by atoms with Crippen LogP contribution in [0.1, 0.15) is 46.0 Å². The molecule has 2 aromatic heterocycles. The molecule has 3 heterocycles. The molecule has 1 fully saturated rings. The molecule has 6 aromatic rings. The molecule has 0 saturated carbocycles. The number of hydrogen-bond donors (Lipinski definition) is 3. The first-order valence-corrected chi connectivity index (χ1v) is 20.8. The molecular weight excluding hydrogens is 1160 g/mol. The number of aromatic nitrogens is 4. The van der Waals surface area contributed by atoms with Crippen LogP contribution < -0.4 is 26.5 Å². The van der Waals surface area contributed by atoms with Gasteiger partial charge in [0.25, 0.3) is 0 Å². The number of rotatable bonds is 7. The number of aliphatic hydroxyl groups is 1. The van der Waals surface area contributed by atoms with Gasteiger partial charge in [0.05, 0.1) is 0 Å². The van der Waals surface area contributed by atoms with E-state index in [9.17, 15) is 36.2 Å². The molecule has 1 unspecified atom stereocenters. The zero-order valence-electron chi connectivity index (χ0n) is 30.1. The number of carbonyl (C=O) groups excluding carboxylic acids is 1. The molecule has 1 aliphatic heterocycles. The number of alkyl halides is 6. The van der Waals surface area contributed by atoms with E-state index in [0.717, 1.165) is 34.3 Å². The van der Waals surface area contributed by atoms with Gasteiger partial charge in [-0.1, -0.05) is 68.3 Å². The Labute approximate surface area is 398 Å². The number of hydrogen-bond acceptors (Lipinski definition) is 7. The van der Waals surface area contributed by atoms with Crippen LogP contribution in [-0.4, -0.2) is 79.8 Å². The summed E-state index contributed by atoms with van der Waals surface area (Å²) in [6.45, 7) is 2.00. The van der Waals surface area contributed by atoms with Crippen molar-refractivity contribution in [3.05, 3.63) is 165 Å². The summed E-state index contributed by atoms with van der Waals surface area (Å²) in [4.78, 5) is 25.4. The van der Waals surface area contributed by atoms with E-state index in [1.54, 1.807) is 75.3 Å². The van der Waals surface area contributed by atoms with E-state index in [1.165, 1.54) is 55.4 Å². The third-order valence-electron chi connectivity index (χ3n) is 7.14. The van der Waals surface area contributed by atoms with Gasteiger partial charge in [0.15, 0.2) is 11.4 Å². The Kier molecular flexibility index (Phi) is 25.4. The molecule has 0 spiro atoms. The van der Waals surface area contributed by atoms with Crippen LogP contribution in [0, 0.1) is 6.07 Å². The number of imidazole rings is 2. The van der Waals surface area contributed by atoms with E-state index in [1.807, 2.05) is 12.1 Å². The summed E-state index contributed by atoms with van der Waals surface area (Å²) in [6.07, 6.45) is -0.597. The Morgan fingerprint density at radius 2 is 1.29 bits per heavy atom. The third kappa shape index (κ3) is 19.4. The Morgan fingerprint density at radius 3 is 1.75 bits per heavy atom. The standard InChI is InChI=1S/C17H12BrF3N2O2.C10H7BrN2O.C7H4F3O.C4H8O.BrH.Cu.HI.Mg/c18-13-3-1-2-12(10-13)16(24,15-22-8-9-23-15)11-4-6-14(7-5-11)25-17(19,20)21;11-8-3-1-2-7(6-8)9(14)10-12-4-5-13-10;8-7(9,10)11-6-4-2-1-3-5-6;1-2-4-5-3-1;;;;/h1-10,24H,(H,22,23);1-6H,(H,12,13);2-5H;1-4H2;1H;;1H;/q;;-1;;;+1;;+2/p-2. The molecule has 1 aliphatic rings. The fourth-order valence-corrected chi connectivity index (χ4v) is 5.55. The number of ether oxygens (including phenoxy) is 3. The maximum Gasteiger partial charge on any atom is 2.00 e. The second kappa shape index (κ2) is 27.5. The molecule has 0 bridgehead atoms. The van der Waals surface area contributed by atoms with Gasteiger partial charge in [-0.2, -0.15) is 18.2 Å². The predicted molar refractivity (Wildman–Crippen MR) is 216 cm³/mol. The van der Waals surface area contributed by atoms with Crippen molar-refractivity contribution >= 4 is 81.0 Å².